The van der Waals surface area contributed by atoms with E-state index in [0.29, 0.717) is 5.56 Å². The minimum absolute atomic E-state index is 0.0384. The van der Waals surface area contributed by atoms with Crippen LogP contribution in [0.2, 0.25) is 0 Å². The number of ketones is 1. The lowest BCUT2D eigenvalue weighted by Gasteiger charge is -2.05. The van der Waals surface area contributed by atoms with Gasteiger partial charge in [0.2, 0.25) is 0 Å². The van der Waals surface area contributed by atoms with Crippen molar-refractivity contribution in [2.75, 3.05) is 7.11 Å². The smallest absolute Gasteiger partial charge is 0.166 e. The average Bonchev–Trinajstić information content (AvgIpc) is 2.63. The highest BCUT2D eigenvalue weighted by atomic mass is 19.1. The van der Waals surface area contributed by atoms with E-state index in [1.165, 1.54) is 13.2 Å². The Morgan fingerprint density at radius 1 is 1.47 bits per heavy atom. The van der Waals surface area contributed by atoms with Gasteiger partial charge in [0.25, 0.3) is 0 Å². The van der Waals surface area contributed by atoms with Crippen LogP contribution in [0.15, 0.2) is 12.1 Å². The summed E-state index contributed by atoms with van der Waals surface area (Å²) in [5.74, 6) is -0.0881. The molecule has 1 aliphatic rings. The van der Waals surface area contributed by atoms with E-state index in [-0.39, 0.29) is 17.5 Å². The maximum atomic E-state index is 13.5. The number of Topliss-reactive ketones (excluding diaryl/α,β-unsaturated/α-hetero) is 1. The van der Waals surface area contributed by atoms with E-state index in [0.717, 1.165) is 31.2 Å². The first kappa shape index (κ1) is 12.1. The molecule has 1 atom stereocenters. The van der Waals surface area contributed by atoms with Gasteiger partial charge in [0.1, 0.15) is 0 Å². The number of hydrogen-bond donors (Lipinski definition) is 0. The molecule has 1 aromatic rings. The Bertz CT molecular complexity index is 440. The molecule has 2 nitrogen and oxygen atoms in total. The molecular formula is C14H17FO2. The van der Waals surface area contributed by atoms with Gasteiger partial charge in [-0.05, 0) is 30.5 Å². The predicted molar refractivity (Wildman–Crippen MR) is 64.0 cm³/mol. The highest BCUT2D eigenvalue weighted by Crippen LogP contribution is 2.33. The van der Waals surface area contributed by atoms with E-state index < -0.39 is 5.82 Å². The van der Waals surface area contributed by atoms with Gasteiger partial charge < -0.3 is 4.74 Å². The van der Waals surface area contributed by atoms with Crippen LogP contribution < -0.4 is 4.74 Å². The number of hydrogen-bond acceptors (Lipinski definition) is 2. The molecule has 0 saturated heterocycles. The lowest BCUT2D eigenvalue weighted by Crippen LogP contribution is -2.08. The fourth-order valence-electron chi connectivity index (χ4n) is 2.41. The quantitative estimate of drug-likeness (QED) is 0.801. The van der Waals surface area contributed by atoms with Crippen LogP contribution in [0.4, 0.5) is 4.39 Å². The number of carbonyl (C=O) groups is 1. The van der Waals surface area contributed by atoms with E-state index in [9.17, 15) is 9.18 Å². The van der Waals surface area contributed by atoms with Gasteiger partial charge >= 0.3 is 0 Å². The van der Waals surface area contributed by atoms with Gasteiger partial charge in [-0.2, -0.15) is 0 Å². The van der Waals surface area contributed by atoms with Gasteiger partial charge in [-0.1, -0.05) is 19.8 Å². The lowest BCUT2D eigenvalue weighted by atomic mass is 9.98. The molecule has 1 aliphatic carbocycles. The molecule has 0 radical (unpaired) electrons. The number of unbranched alkanes of at least 4 members (excludes halogenated alkanes) is 1. The van der Waals surface area contributed by atoms with Gasteiger partial charge in [-0.15, -0.1) is 0 Å². The van der Waals surface area contributed by atoms with Crippen molar-refractivity contribution in [2.24, 2.45) is 5.92 Å². The topological polar surface area (TPSA) is 26.3 Å². The molecule has 92 valence electrons. The van der Waals surface area contributed by atoms with Crippen LogP contribution in [-0.4, -0.2) is 12.9 Å². The zero-order valence-electron chi connectivity index (χ0n) is 10.3. The van der Waals surface area contributed by atoms with E-state index in [2.05, 4.69) is 6.92 Å². The largest absolute Gasteiger partial charge is 0.494 e. The Morgan fingerprint density at radius 3 is 2.88 bits per heavy atom. The molecular weight excluding hydrogens is 219 g/mol. The van der Waals surface area contributed by atoms with Crippen molar-refractivity contribution in [1.29, 1.82) is 0 Å². The molecule has 0 aliphatic heterocycles. The van der Waals surface area contributed by atoms with Crippen molar-refractivity contribution < 1.29 is 13.9 Å². The molecule has 0 heterocycles. The Hall–Kier alpha value is -1.38. The van der Waals surface area contributed by atoms with Crippen molar-refractivity contribution in [3.05, 3.63) is 29.1 Å². The van der Waals surface area contributed by atoms with Crippen molar-refractivity contribution in [3.8, 4) is 5.75 Å². The Morgan fingerprint density at radius 2 is 2.24 bits per heavy atom. The van der Waals surface area contributed by atoms with Gasteiger partial charge in [0, 0.05) is 11.5 Å². The van der Waals surface area contributed by atoms with Gasteiger partial charge in [-0.3, -0.25) is 4.79 Å². The third kappa shape index (κ3) is 2.19. The van der Waals surface area contributed by atoms with Crippen LogP contribution in [-0.2, 0) is 6.42 Å². The first-order chi connectivity index (χ1) is 8.17. The molecule has 3 heteroatoms. The van der Waals surface area contributed by atoms with Gasteiger partial charge in [0.15, 0.2) is 17.3 Å². The Labute approximate surface area is 101 Å². The Kier molecular flexibility index (Phi) is 3.46. The van der Waals surface area contributed by atoms with Crippen molar-refractivity contribution in [1.82, 2.24) is 0 Å². The third-order valence-electron chi connectivity index (χ3n) is 3.39. The maximum Gasteiger partial charge on any atom is 0.166 e. The lowest BCUT2D eigenvalue weighted by molar-refractivity contribution is 0.0929. The standard InChI is InChI=1S/C14H17FO2/c1-3-4-5-9-6-10-7-13(17-2)12(15)8-11(10)14(9)16/h7-9H,3-6H2,1-2H3. The molecule has 0 aromatic heterocycles. The van der Waals surface area contributed by atoms with E-state index in [4.69, 9.17) is 4.74 Å². The number of benzene rings is 1. The maximum absolute atomic E-state index is 13.5. The zero-order chi connectivity index (χ0) is 12.4. The second-order valence-corrected chi connectivity index (χ2v) is 4.55. The van der Waals surface area contributed by atoms with Crippen LogP contribution in [0.1, 0.15) is 42.1 Å². The summed E-state index contributed by atoms with van der Waals surface area (Å²) in [6.07, 6.45) is 3.75. The summed E-state index contributed by atoms with van der Waals surface area (Å²) < 4.78 is 18.5. The first-order valence-corrected chi connectivity index (χ1v) is 6.08. The summed E-state index contributed by atoms with van der Waals surface area (Å²) in [5.41, 5.74) is 1.47. The summed E-state index contributed by atoms with van der Waals surface area (Å²) in [6, 6.07) is 2.98. The fourth-order valence-corrected chi connectivity index (χ4v) is 2.41. The molecule has 0 amide bonds. The highest BCUT2D eigenvalue weighted by Gasteiger charge is 2.31. The summed E-state index contributed by atoms with van der Waals surface area (Å²) in [5, 5.41) is 0. The summed E-state index contributed by atoms with van der Waals surface area (Å²) in [7, 11) is 1.44. The minimum Gasteiger partial charge on any atom is -0.494 e. The first-order valence-electron chi connectivity index (χ1n) is 6.08. The van der Waals surface area contributed by atoms with Crippen LogP contribution >= 0.6 is 0 Å². The second-order valence-electron chi connectivity index (χ2n) is 4.55. The SMILES string of the molecule is CCCCC1Cc2cc(OC)c(F)cc2C1=O. The van der Waals surface area contributed by atoms with Crippen LogP contribution in [0, 0.1) is 11.7 Å². The molecule has 2 rings (SSSR count). The van der Waals surface area contributed by atoms with Crippen molar-refractivity contribution >= 4 is 5.78 Å². The monoisotopic (exact) mass is 236 g/mol. The molecule has 1 unspecified atom stereocenters. The minimum atomic E-state index is -0.448. The van der Waals surface area contributed by atoms with Gasteiger partial charge in [0.05, 0.1) is 7.11 Å². The normalized spacial score (nSPS) is 18.3. The van der Waals surface area contributed by atoms with Crippen molar-refractivity contribution in [2.45, 2.75) is 32.6 Å². The summed E-state index contributed by atoms with van der Waals surface area (Å²) in [6.45, 7) is 2.11. The third-order valence-corrected chi connectivity index (χ3v) is 3.39. The number of carbonyl (C=O) groups excluding carboxylic acids is 1. The van der Waals surface area contributed by atoms with E-state index in [1.54, 1.807) is 6.07 Å². The number of fused-ring (bicyclic) bond motifs is 1. The molecule has 0 spiro atoms. The number of ether oxygens (including phenoxy) is 1. The number of halogens is 1. The van der Waals surface area contributed by atoms with E-state index >= 15 is 0 Å². The van der Waals surface area contributed by atoms with Crippen molar-refractivity contribution in [3.63, 3.8) is 0 Å². The molecule has 0 saturated carbocycles. The predicted octanol–water partition coefficient (Wildman–Crippen LogP) is 3.38. The molecule has 1 aromatic carbocycles. The van der Waals surface area contributed by atoms with Crippen LogP contribution in [0.5, 0.6) is 5.75 Å². The molecule has 0 bridgehead atoms. The summed E-state index contributed by atoms with van der Waals surface area (Å²) in [4.78, 5) is 12.0. The van der Waals surface area contributed by atoms with E-state index in [1.807, 2.05) is 0 Å². The summed E-state index contributed by atoms with van der Waals surface area (Å²) >= 11 is 0. The molecule has 0 N–H and O–H groups in total. The van der Waals surface area contributed by atoms with Crippen LogP contribution in [0.3, 0.4) is 0 Å². The number of rotatable bonds is 4. The zero-order valence-corrected chi connectivity index (χ0v) is 10.3. The fraction of sp³-hybridized carbons (Fsp3) is 0.500. The van der Waals surface area contributed by atoms with Gasteiger partial charge in [-0.25, -0.2) is 4.39 Å². The van der Waals surface area contributed by atoms with Crippen LogP contribution in [0.25, 0.3) is 0 Å². The molecule has 17 heavy (non-hydrogen) atoms. The second kappa shape index (κ2) is 4.86. The molecule has 0 fully saturated rings. The Balaban J connectivity index is 2.25. The average molecular weight is 236 g/mol. The highest BCUT2D eigenvalue weighted by molar-refractivity contribution is 6.02. The number of methoxy groups -OCH3 is 1.